The Morgan fingerprint density at radius 1 is 1.43 bits per heavy atom. The summed E-state index contributed by atoms with van der Waals surface area (Å²) in [5, 5.41) is 2.52. The molecule has 0 spiro atoms. The van der Waals surface area contributed by atoms with Crippen molar-refractivity contribution in [2.75, 3.05) is 6.61 Å². The van der Waals surface area contributed by atoms with Gasteiger partial charge in [-0.3, -0.25) is 14.0 Å². The molecule has 0 unspecified atom stereocenters. The van der Waals surface area contributed by atoms with Crippen molar-refractivity contribution in [3.8, 4) is 0 Å². The van der Waals surface area contributed by atoms with Crippen molar-refractivity contribution in [2.24, 2.45) is 0 Å². The van der Waals surface area contributed by atoms with E-state index in [4.69, 9.17) is 4.74 Å². The second-order valence-corrected chi connectivity index (χ2v) is 6.75. The molecule has 0 saturated heterocycles. The van der Waals surface area contributed by atoms with Gasteiger partial charge in [-0.2, -0.15) is 4.98 Å². The molecular weight excluding hydrogens is 308 g/mol. The van der Waals surface area contributed by atoms with E-state index in [1.165, 1.54) is 11.3 Å². The monoisotopic (exact) mass is 322 g/mol. The van der Waals surface area contributed by atoms with Crippen LogP contribution in [0.2, 0.25) is 0 Å². The Hall–Kier alpha value is -1.73. The molecule has 0 aliphatic rings. The largest absolute Gasteiger partial charge is 0.466 e. The van der Waals surface area contributed by atoms with Crippen molar-refractivity contribution in [1.29, 1.82) is 0 Å². The average molecular weight is 322 g/mol. The number of nitrogens with zero attached hydrogens (tertiary/aromatic N) is 2. The van der Waals surface area contributed by atoms with Crippen molar-refractivity contribution >= 4 is 43.8 Å². The highest BCUT2D eigenvalue weighted by molar-refractivity contribution is 7.19. The molecule has 0 N–H and O–H groups in total. The van der Waals surface area contributed by atoms with E-state index < -0.39 is 0 Å². The maximum absolute atomic E-state index is 12.2. The number of esters is 1. The van der Waals surface area contributed by atoms with Crippen LogP contribution >= 0.6 is 22.7 Å². The van der Waals surface area contributed by atoms with Gasteiger partial charge in [-0.15, -0.1) is 22.7 Å². The first-order valence-electron chi connectivity index (χ1n) is 6.57. The molecule has 0 fully saturated rings. The van der Waals surface area contributed by atoms with Gasteiger partial charge in [0.1, 0.15) is 4.83 Å². The molecule has 3 heterocycles. The van der Waals surface area contributed by atoms with Gasteiger partial charge in [0, 0.05) is 16.0 Å². The topological polar surface area (TPSA) is 60.7 Å². The Labute approximate surface area is 128 Å². The van der Waals surface area contributed by atoms with Crippen LogP contribution in [0.15, 0.2) is 10.2 Å². The Bertz CT molecular complexity index is 904. The summed E-state index contributed by atoms with van der Waals surface area (Å²) in [7, 11) is 0. The van der Waals surface area contributed by atoms with Crippen LogP contribution in [0.1, 0.15) is 23.1 Å². The quantitative estimate of drug-likeness (QED) is 0.696. The number of aromatic nitrogens is 2. The summed E-state index contributed by atoms with van der Waals surface area (Å²) >= 11 is 2.93. The van der Waals surface area contributed by atoms with Gasteiger partial charge in [0.2, 0.25) is 0 Å². The molecule has 7 heteroatoms. The summed E-state index contributed by atoms with van der Waals surface area (Å²) in [6, 6.07) is 0. The lowest BCUT2D eigenvalue weighted by Gasteiger charge is -2.03. The Kier molecular flexibility index (Phi) is 3.54. The maximum atomic E-state index is 12.2. The standard InChI is InChI=1S/C14H14N2O3S2/c1-4-19-10(17)5-9-6-20-14-15-12(18)11-7(2)8(3)21-13(11)16(9)14/h6H,4-5H2,1-3H3. The molecule has 0 aliphatic heterocycles. The number of thiophene rings is 1. The van der Waals surface area contributed by atoms with Crippen molar-refractivity contribution in [3.05, 3.63) is 31.9 Å². The van der Waals surface area contributed by atoms with Crippen molar-refractivity contribution < 1.29 is 9.53 Å². The molecule has 21 heavy (non-hydrogen) atoms. The number of hydrogen-bond acceptors (Lipinski definition) is 6. The van der Waals surface area contributed by atoms with Gasteiger partial charge in [0.25, 0.3) is 5.56 Å². The molecule has 0 radical (unpaired) electrons. The van der Waals surface area contributed by atoms with Crippen LogP contribution in [0.4, 0.5) is 0 Å². The van der Waals surface area contributed by atoms with E-state index in [9.17, 15) is 9.59 Å². The number of carbonyl (C=O) groups is 1. The van der Waals surface area contributed by atoms with Gasteiger partial charge in [-0.05, 0) is 26.3 Å². The molecule has 0 amide bonds. The lowest BCUT2D eigenvalue weighted by Crippen LogP contribution is -2.12. The number of ether oxygens (including phenoxy) is 1. The van der Waals surface area contributed by atoms with Crippen LogP contribution in [0, 0.1) is 13.8 Å². The van der Waals surface area contributed by atoms with Gasteiger partial charge in [-0.1, -0.05) is 0 Å². The van der Waals surface area contributed by atoms with Crippen molar-refractivity contribution in [3.63, 3.8) is 0 Å². The minimum absolute atomic E-state index is 0.184. The minimum Gasteiger partial charge on any atom is -0.466 e. The fourth-order valence-corrected chi connectivity index (χ4v) is 4.40. The molecule has 0 aliphatic carbocycles. The molecular formula is C14H14N2O3S2. The summed E-state index contributed by atoms with van der Waals surface area (Å²) < 4.78 is 6.91. The van der Waals surface area contributed by atoms with E-state index in [1.54, 1.807) is 18.3 Å². The molecule has 3 rings (SSSR count). The highest BCUT2D eigenvalue weighted by Gasteiger charge is 2.17. The van der Waals surface area contributed by atoms with Crippen LogP contribution < -0.4 is 5.56 Å². The SMILES string of the molecule is CCOC(=O)Cc1csc2nc(=O)c3c(C)c(C)sc3n12. The molecule has 0 bridgehead atoms. The van der Waals surface area contributed by atoms with E-state index >= 15 is 0 Å². The first-order valence-corrected chi connectivity index (χ1v) is 8.27. The van der Waals surface area contributed by atoms with E-state index in [1.807, 2.05) is 23.6 Å². The molecule has 0 aromatic carbocycles. The lowest BCUT2D eigenvalue weighted by atomic mass is 10.2. The summed E-state index contributed by atoms with van der Waals surface area (Å²) in [6.45, 7) is 6.07. The highest BCUT2D eigenvalue weighted by atomic mass is 32.1. The number of carbonyl (C=O) groups excluding carboxylic acids is 1. The third-order valence-electron chi connectivity index (χ3n) is 3.39. The van der Waals surface area contributed by atoms with Crippen LogP contribution in [0.25, 0.3) is 15.2 Å². The van der Waals surface area contributed by atoms with Gasteiger partial charge in [0.05, 0.1) is 18.4 Å². The van der Waals surface area contributed by atoms with Gasteiger partial charge in [-0.25, -0.2) is 0 Å². The number of hydrogen-bond donors (Lipinski definition) is 0. The zero-order valence-corrected chi connectivity index (χ0v) is 13.6. The van der Waals surface area contributed by atoms with E-state index in [0.717, 1.165) is 21.0 Å². The number of thiazole rings is 1. The smallest absolute Gasteiger partial charge is 0.311 e. The molecule has 0 saturated carbocycles. The maximum Gasteiger partial charge on any atom is 0.311 e. The second kappa shape index (κ2) is 5.23. The van der Waals surface area contributed by atoms with Crippen molar-refractivity contribution in [1.82, 2.24) is 9.38 Å². The number of rotatable bonds is 3. The number of fused-ring (bicyclic) bond motifs is 3. The summed E-state index contributed by atoms with van der Waals surface area (Å²) in [5.74, 6) is -0.269. The van der Waals surface area contributed by atoms with Crippen molar-refractivity contribution in [2.45, 2.75) is 27.2 Å². The molecule has 3 aromatic heterocycles. The van der Waals surface area contributed by atoms with E-state index in [2.05, 4.69) is 4.98 Å². The molecule has 0 atom stereocenters. The normalized spacial score (nSPS) is 11.4. The third kappa shape index (κ3) is 2.26. The molecule has 110 valence electrons. The number of aryl methyl sites for hydroxylation is 2. The first kappa shape index (κ1) is 14.2. The fraction of sp³-hybridized carbons (Fsp3) is 0.357. The molecule has 5 nitrogen and oxygen atoms in total. The van der Waals surface area contributed by atoms with E-state index in [0.29, 0.717) is 17.0 Å². The second-order valence-electron chi connectivity index (χ2n) is 4.71. The highest BCUT2D eigenvalue weighted by Crippen LogP contribution is 2.30. The zero-order chi connectivity index (χ0) is 15.1. The Balaban J connectivity index is 2.27. The zero-order valence-electron chi connectivity index (χ0n) is 11.9. The summed E-state index contributed by atoms with van der Waals surface area (Å²) in [4.78, 5) is 30.6. The van der Waals surface area contributed by atoms with Gasteiger partial charge < -0.3 is 4.74 Å². The Morgan fingerprint density at radius 2 is 2.19 bits per heavy atom. The van der Waals surface area contributed by atoms with Gasteiger partial charge >= 0.3 is 5.97 Å². The van der Waals surface area contributed by atoms with Crippen LogP contribution in [-0.2, 0) is 16.0 Å². The summed E-state index contributed by atoms with van der Waals surface area (Å²) in [5.41, 5.74) is 1.58. The summed E-state index contributed by atoms with van der Waals surface area (Å²) in [6.07, 6.45) is 0.184. The minimum atomic E-state index is -0.269. The van der Waals surface area contributed by atoms with Gasteiger partial charge in [0.15, 0.2) is 4.96 Å². The third-order valence-corrected chi connectivity index (χ3v) is 5.46. The Morgan fingerprint density at radius 3 is 2.90 bits per heavy atom. The average Bonchev–Trinajstić information content (AvgIpc) is 2.93. The van der Waals surface area contributed by atoms with Crippen LogP contribution in [-0.4, -0.2) is 22.0 Å². The first-order chi connectivity index (χ1) is 10.0. The predicted molar refractivity (Wildman–Crippen MR) is 84.5 cm³/mol. The lowest BCUT2D eigenvalue weighted by molar-refractivity contribution is -0.142. The van der Waals surface area contributed by atoms with E-state index in [-0.39, 0.29) is 17.9 Å². The fourth-order valence-electron chi connectivity index (χ4n) is 2.28. The van der Waals surface area contributed by atoms with Crippen LogP contribution in [0.3, 0.4) is 0 Å². The predicted octanol–water partition coefficient (Wildman–Crippen LogP) is 2.69. The molecule has 3 aromatic rings. The van der Waals surface area contributed by atoms with Crippen LogP contribution in [0.5, 0.6) is 0 Å².